The first-order valence-electron chi connectivity index (χ1n) is 8.54. The van der Waals surface area contributed by atoms with Gasteiger partial charge in [0.25, 0.3) is 5.91 Å². The molecule has 4 rings (SSSR count). The minimum absolute atomic E-state index is 0.0670. The van der Waals surface area contributed by atoms with Gasteiger partial charge in [0.2, 0.25) is 0 Å². The fraction of sp³-hybridized carbons (Fsp3) is 0.211. The van der Waals surface area contributed by atoms with Crippen LogP contribution in [0.2, 0.25) is 0 Å². The molecule has 9 heteroatoms. The molecule has 1 aliphatic heterocycles. The van der Waals surface area contributed by atoms with Crippen LogP contribution in [0.15, 0.2) is 52.5 Å². The number of nitrogens with zero attached hydrogens (tertiary/aromatic N) is 4. The van der Waals surface area contributed by atoms with Gasteiger partial charge >= 0.3 is 5.97 Å². The highest BCUT2D eigenvalue weighted by Gasteiger charge is 2.34. The standard InChI is InChI=1S/C19H16N4O3S2/c1-12-9-21-14(10-20-12)19(25)26-11-18(24)23-15(17-5-3-7-28-17)8-13(22-23)16-4-2-6-27-16/h2-7,9-10,15H,8,11H2,1H3/t15-/m0/s1. The predicted molar refractivity (Wildman–Crippen MR) is 106 cm³/mol. The summed E-state index contributed by atoms with van der Waals surface area (Å²) >= 11 is 3.16. The van der Waals surface area contributed by atoms with Gasteiger partial charge in [-0.2, -0.15) is 5.10 Å². The first-order chi connectivity index (χ1) is 13.6. The topological polar surface area (TPSA) is 84.8 Å². The number of aromatic nitrogens is 2. The Morgan fingerprint density at radius 1 is 1.18 bits per heavy atom. The third-order valence-corrected chi connectivity index (χ3v) is 6.05. The van der Waals surface area contributed by atoms with Crippen LogP contribution in [-0.2, 0) is 9.53 Å². The highest BCUT2D eigenvalue weighted by molar-refractivity contribution is 7.12. The van der Waals surface area contributed by atoms with Crippen LogP contribution in [0.3, 0.4) is 0 Å². The fourth-order valence-corrected chi connectivity index (χ4v) is 4.33. The highest BCUT2D eigenvalue weighted by Crippen LogP contribution is 2.35. The first kappa shape index (κ1) is 18.5. The van der Waals surface area contributed by atoms with E-state index in [1.54, 1.807) is 29.6 Å². The third kappa shape index (κ3) is 3.85. The molecule has 3 aromatic rings. The molecule has 0 aliphatic carbocycles. The lowest BCUT2D eigenvalue weighted by Crippen LogP contribution is -2.31. The second-order valence-electron chi connectivity index (χ2n) is 6.12. The molecule has 1 amide bonds. The molecule has 0 radical (unpaired) electrons. The average molecular weight is 412 g/mol. The van der Waals surface area contributed by atoms with E-state index in [1.807, 2.05) is 35.0 Å². The molecule has 3 aromatic heterocycles. The van der Waals surface area contributed by atoms with Gasteiger partial charge in [0.1, 0.15) is 0 Å². The predicted octanol–water partition coefficient (Wildman–Crippen LogP) is 3.44. The molecular weight excluding hydrogens is 396 g/mol. The molecule has 1 aliphatic rings. The number of hydrogen-bond acceptors (Lipinski definition) is 8. The van der Waals surface area contributed by atoms with E-state index in [2.05, 4.69) is 15.1 Å². The van der Waals surface area contributed by atoms with E-state index in [0.29, 0.717) is 12.1 Å². The van der Waals surface area contributed by atoms with Crippen LogP contribution in [0.25, 0.3) is 0 Å². The molecule has 0 saturated heterocycles. The summed E-state index contributed by atoms with van der Waals surface area (Å²) in [6, 6.07) is 7.68. The lowest BCUT2D eigenvalue weighted by atomic mass is 10.1. The van der Waals surface area contributed by atoms with Crippen molar-refractivity contribution in [1.82, 2.24) is 15.0 Å². The van der Waals surface area contributed by atoms with Crippen molar-refractivity contribution in [2.75, 3.05) is 6.61 Å². The molecule has 0 aromatic carbocycles. The lowest BCUT2D eigenvalue weighted by molar-refractivity contribution is -0.136. The van der Waals surface area contributed by atoms with Gasteiger partial charge < -0.3 is 4.74 Å². The Kier molecular flexibility index (Phi) is 5.27. The van der Waals surface area contributed by atoms with Crippen molar-refractivity contribution in [2.45, 2.75) is 19.4 Å². The highest BCUT2D eigenvalue weighted by atomic mass is 32.1. The number of rotatable bonds is 5. The Morgan fingerprint density at radius 3 is 2.68 bits per heavy atom. The van der Waals surface area contributed by atoms with Gasteiger partial charge in [-0.15, -0.1) is 22.7 Å². The van der Waals surface area contributed by atoms with Crippen molar-refractivity contribution < 1.29 is 14.3 Å². The van der Waals surface area contributed by atoms with Gasteiger partial charge in [0.15, 0.2) is 12.3 Å². The molecule has 1 atom stereocenters. The number of aryl methyl sites for hydroxylation is 1. The summed E-state index contributed by atoms with van der Waals surface area (Å²) < 4.78 is 5.14. The van der Waals surface area contributed by atoms with E-state index in [9.17, 15) is 9.59 Å². The Balaban J connectivity index is 1.48. The molecule has 28 heavy (non-hydrogen) atoms. The zero-order chi connectivity index (χ0) is 19.5. The monoisotopic (exact) mass is 412 g/mol. The van der Waals surface area contributed by atoms with Crippen LogP contribution < -0.4 is 0 Å². The third-order valence-electron chi connectivity index (χ3n) is 4.16. The summed E-state index contributed by atoms with van der Waals surface area (Å²) in [5.41, 5.74) is 1.62. The van der Waals surface area contributed by atoms with Crippen LogP contribution in [0.5, 0.6) is 0 Å². The fourth-order valence-electron chi connectivity index (χ4n) is 2.80. The van der Waals surface area contributed by atoms with E-state index < -0.39 is 12.6 Å². The number of hydrazone groups is 1. The maximum Gasteiger partial charge on any atom is 0.359 e. The number of thiophene rings is 2. The molecular formula is C19H16N4O3S2. The molecule has 4 heterocycles. The van der Waals surface area contributed by atoms with E-state index >= 15 is 0 Å². The Morgan fingerprint density at radius 2 is 2.00 bits per heavy atom. The molecule has 0 bridgehead atoms. The van der Waals surface area contributed by atoms with Crippen molar-refractivity contribution in [2.24, 2.45) is 5.10 Å². The minimum Gasteiger partial charge on any atom is -0.451 e. The van der Waals surface area contributed by atoms with Crippen molar-refractivity contribution >= 4 is 40.3 Å². The van der Waals surface area contributed by atoms with Crippen molar-refractivity contribution in [1.29, 1.82) is 0 Å². The number of ether oxygens (including phenoxy) is 1. The number of esters is 1. The summed E-state index contributed by atoms with van der Waals surface area (Å²) in [7, 11) is 0. The second kappa shape index (κ2) is 7.99. The summed E-state index contributed by atoms with van der Waals surface area (Å²) in [4.78, 5) is 34.9. The molecule has 0 saturated carbocycles. The van der Waals surface area contributed by atoms with Gasteiger partial charge in [0, 0.05) is 17.5 Å². The summed E-state index contributed by atoms with van der Waals surface area (Å²) in [6.07, 6.45) is 3.44. The van der Waals surface area contributed by atoms with Crippen LogP contribution in [-0.4, -0.2) is 39.2 Å². The van der Waals surface area contributed by atoms with Gasteiger partial charge in [-0.05, 0) is 29.8 Å². The number of amides is 1. The number of hydrogen-bond donors (Lipinski definition) is 0. The quantitative estimate of drug-likeness (QED) is 0.599. The second-order valence-corrected chi connectivity index (χ2v) is 8.04. The van der Waals surface area contributed by atoms with Crippen LogP contribution >= 0.6 is 22.7 Å². The van der Waals surface area contributed by atoms with Gasteiger partial charge in [-0.3, -0.25) is 9.78 Å². The summed E-state index contributed by atoms with van der Waals surface area (Å²) in [5.74, 6) is -1.06. The van der Waals surface area contributed by atoms with Crippen molar-refractivity contribution in [3.8, 4) is 0 Å². The normalized spacial score (nSPS) is 16.1. The average Bonchev–Trinajstić information content (AvgIpc) is 3.46. The van der Waals surface area contributed by atoms with Crippen molar-refractivity contribution in [3.63, 3.8) is 0 Å². The molecule has 0 spiro atoms. The zero-order valence-corrected chi connectivity index (χ0v) is 16.6. The van der Waals surface area contributed by atoms with E-state index in [1.165, 1.54) is 17.4 Å². The molecule has 142 valence electrons. The van der Waals surface area contributed by atoms with Gasteiger partial charge in [-0.1, -0.05) is 12.1 Å². The van der Waals surface area contributed by atoms with Crippen LogP contribution in [0, 0.1) is 6.92 Å². The Bertz CT molecular complexity index is 999. The maximum atomic E-state index is 12.8. The minimum atomic E-state index is -0.685. The van der Waals surface area contributed by atoms with Gasteiger partial charge in [-0.25, -0.2) is 14.8 Å². The molecule has 0 fully saturated rings. The maximum absolute atomic E-state index is 12.8. The van der Waals surface area contributed by atoms with Crippen molar-refractivity contribution in [3.05, 3.63) is 68.6 Å². The smallest absolute Gasteiger partial charge is 0.359 e. The summed E-state index contributed by atoms with van der Waals surface area (Å²) in [5, 5.41) is 9.90. The Labute approximate surface area is 169 Å². The zero-order valence-electron chi connectivity index (χ0n) is 14.9. The van der Waals surface area contributed by atoms with E-state index in [0.717, 1.165) is 15.5 Å². The summed E-state index contributed by atoms with van der Waals surface area (Å²) in [6.45, 7) is 1.37. The number of carbonyl (C=O) groups excluding carboxylic acids is 2. The first-order valence-corrected chi connectivity index (χ1v) is 10.3. The van der Waals surface area contributed by atoms with Crippen LogP contribution in [0.1, 0.15) is 38.4 Å². The van der Waals surface area contributed by atoms with Gasteiger partial charge in [0.05, 0.1) is 28.5 Å². The largest absolute Gasteiger partial charge is 0.451 e. The molecule has 0 unspecified atom stereocenters. The SMILES string of the molecule is Cc1cnc(C(=O)OCC(=O)N2N=C(c3cccs3)C[C@H]2c2cccs2)cn1. The van der Waals surface area contributed by atoms with E-state index in [-0.39, 0.29) is 17.6 Å². The van der Waals surface area contributed by atoms with Crippen LogP contribution in [0.4, 0.5) is 0 Å². The molecule has 7 nitrogen and oxygen atoms in total. The lowest BCUT2D eigenvalue weighted by Gasteiger charge is -2.20. The van der Waals surface area contributed by atoms with E-state index in [4.69, 9.17) is 4.74 Å². The number of carbonyl (C=O) groups is 2. The Hall–Kier alpha value is -2.91. The molecule has 0 N–H and O–H groups in total.